The van der Waals surface area contributed by atoms with Gasteiger partial charge in [0.2, 0.25) is 0 Å². The summed E-state index contributed by atoms with van der Waals surface area (Å²) in [7, 11) is 0. The van der Waals surface area contributed by atoms with Crippen molar-refractivity contribution in [1.29, 1.82) is 0 Å². The molecule has 0 aliphatic rings. The second kappa shape index (κ2) is 4.79. The van der Waals surface area contributed by atoms with Crippen molar-refractivity contribution in [3.8, 4) is 11.4 Å². The second-order valence-corrected chi connectivity index (χ2v) is 6.14. The van der Waals surface area contributed by atoms with Gasteiger partial charge in [0.1, 0.15) is 9.39 Å². The van der Waals surface area contributed by atoms with Crippen LogP contribution in [0.4, 0.5) is 0 Å². The van der Waals surface area contributed by atoms with Crippen LogP contribution >= 0.6 is 22.6 Å². The number of pyridine rings is 1. The van der Waals surface area contributed by atoms with E-state index in [1.807, 2.05) is 55.5 Å². The summed E-state index contributed by atoms with van der Waals surface area (Å²) in [5.41, 5.74) is 1.43. The molecular weight excluding hydrogens is 341 g/mol. The third-order valence-electron chi connectivity index (χ3n) is 2.53. The molecule has 0 radical (unpaired) electrons. The maximum absolute atomic E-state index is 12.0. The van der Waals surface area contributed by atoms with Crippen LogP contribution in [-0.2, 0) is 5.41 Å². The van der Waals surface area contributed by atoms with Crippen LogP contribution in [0.1, 0.15) is 26.5 Å². The number of H-pyrrole nitrogens is 1. The number of rotatable bonds is 1. The molecule has 2 aromatic heterocycles. The van der Waals surface area contributed by atoms with Crippen LogP contribution in [0.3, 0.4) is 0 Å². The fraction of sp³-hybridized carbons (Fsp3) is 0.308. The van der Waals surface area contributed by atoms with Crippen molar-refractivity contribution in [2.75, 3.05) is 0 Å². The molecule has 0 fully saturated rings. The van der Waals surface area contributed by atoms with Gasteiger partial charge in [0.15, 0.2) is 0 Å². The standard InChI is InChI=1S/C13H14IN3O/c1-13(2,3)10-9(14)12(18)17-11(16-10)8-4-6-15-7-5-8/h4-7H,1-3H3,(H,16,17,18). The predicted molar refractivity (Wildman–Crippen MR) is 79.5 cm³/mol. The first-order valence-corrected chi connectivity index (χ1v) is 6.68. The van der Waals surface area contributed by atoms with Crippen molar-refractivity contribution in [3.05, 3.63) is 44.1 Å². The van der Waals surface area contributed by atoms with Gasteiger partial charge in [-0.25, -0.2) is 4.98 Å². The van der Waals surface area contributed by atoms with E-state index in [-0.39, 0.29) is 11.0 Å². The third kappa shape index (κ3) is 2.60. The van der Waals surface area contributed by atoms with E-state index in [2.05, 4.69) is 15.0 Å². The first kappa shape index (κ1) is 13.2. The highest BCUT2D eigenvalue weighted by Crippen LogP contribution is 2.24. The number of aromatic amines is 1. The minimum absolute atomic E-state index is 0.0951. The van der Waals surface area contributed by atoms with Crippen molar-refractivity contribution in [2.24, 2.45) is 0 Å². The normalized spacial score (nSPS) is 11.6. The molecule has 0 bridgehead atoms. The molecule has 0 aromatic carbocycles. The Morgan fingerprint density at radius 2 is 1.83 bits per heavy atom. The van der Waals surface area contributed by atoms with Gasteiger partial charge in [-0.3, -0.25) is 9.78 Å². The molecule has 2 rings (SSSR count). The Bertz CT molecular complexity index is 614. The highest BCUT2D eigenvalue weighted by atomic mass is 127. The van der Waals surface area contributed by atoms with E-state index in [4.69, 9.17) is 0 Å². The van der Waals surface area contributed by atoms with Gasteiger partial charge in [0, 0.05) is 23.4 Å². The molecule has 0 saturated carbocycles. The minimum atomic E-state index is -0.160. The maximum Gasteiger partial charge on any atom is 0.264 e. The van der Waals surface area contributed by atoms with Gasteiger partial charge in [-0.05, 0) is 34.7 Å². The predicted octanol–water partition coefficient (Wildman–Crippen LogP) is 2.73. The van der Waals surface area contributed by atoms with Crippen molar-refractivity contribution in [1.82, 2.24) is 15.0 Å². The number of hydrogen-bond donors (Lipinski definition) is 1. The Morgan fingerprint density at radius 3 is 2.39 bits per heavy atom. The summed E-state index contributed by atoms with van der Waals surface area (Å²) in [5.74, 6) is 0.591. The molecule has 0 saturated heterocycles. The molecule has 0 amide bonds. The molecular formula is C13H14IN3O. The first-order valence-electron chi connectivity index (χ1n) is 5.60. The smallest absolute Gasteiger partial charge is 0.264 e. The number of nitrogens with zero attached hydrogens (tertiary/aromatic N) is 2. The van der Waals surface area contributed by atoms with Gasteiger partial charge in [0.05, 0.1) is 5.69 Å². The first-order chi connectivity index (χ1) is 8.39. The quantitative estimate of drug-likeness (QED) is 0.801. The van der Waals surface area contributed by atoms with E-state index >= 15 is 0 Å². The van der Waals surface area contributed by atoms with Gasteiger partial charge in [-0.15, -0.1) is 0 Å². The van der Waals surface area contributed by atoms with Crippen LogP contribution in [0.15, 0.2) is 29.3 Å². The summed E-state index contributed by atoms with van der Waals surface area (Å²) in [5, 5.41) is 0. The van der Waals surface area contributed by atoms with Crippen LogP contribution in [-0.4, -0.2) is 15.0 Å². The largest absolute Gasteiger partial charge is 0.306 e. The van der Waals surface area contributed by atoms with E-state index < -0.39 is 0 Å². The van der Waals surface area contributed by atoms with Crippen molar-refractivity contribution < 1.29 is 0 Å². The molecule has 0 aliphatic carbocycles. The van der Waals surface area contributed by atoms with Crippen LogP contribution in [0.25, 0.3) is 11.4 Å². The third-order valence-corrected chi connectivity index (χ3v) is 3.53. The van der Waals surface area contributed by atoms with E-state index in [0.717, 1.165) is 11.3 Å². The molecule has 0 unspecified atom stereocenters. The number of halogens is 1. The molecule has 0 aliphatic heterocycles. The van der Waals surface area contributed by atoms with E-state index in [1.165, 1.54) is 0 Å². The molecule has 0 spiro atoms. The molecule has 2 heterocycles. The second-order valence-electron chi connectivity index (χ2n) is 5.06. The van der Waals surface area contributed by atoms with E-state index in [0.29, 0.717) is 9.39 Å². The zero-order valence-electron chi connectivity index (χ0n) is 10.5. The average Bonchev–Trinajstić information content (AvgIpc) is 2.32. The van der Waals surface area contributed by atoms with Gasteiger partial charge < -0.3 is 4.98 Å². The number of aromatic nitrogens is 3. The highest BCUT2D eigenvalue weighted by molar-refractivity contribution is 14.1. The van der Waals surface area contributed by atoms with Gasteiger partial charge in [0.25, 0.3) is 5.56 Å². The molecule has 1 N–H and O–H groups in total. The Labute approximate surface area is 119 Å². The molecule has 18 heavy (non-hydrogen) atoms. The fourth-order valence-electron chi connectivity index (χ4n) is 1.60. The zero-order chi connectivity index (χ0) is 13.3. The van der Waals surface area contributed by atoms with Crippen molar-refractivity contribution in [2.45, 2.75) is 26.2 Å². The van der Waals surface area contributed by atoms with E-state index in [9.17, 15) is 4.79 Å². The Kier molecular flexibility index (Phi) is 3.52. The van der Waals surface area contributed by atoms with Crippen LogP contribution in [0.2, 0.25) is 0 Å². The molecule has 4 nitrogen and oxygen atoms in total. The number of nitrogens with one attached hydrogen (secondary N) is 1. The lowest BCUT2D eigenvalue weighted by Crippen LogP contribution is -2.24. The van der Waals surface area contributed by atoms with Crippen LogP contribution in [0.5, 0.6) is 0 Å². The lowest BCUT2D eigenvalue weighted by atomic mass is 9.92. The SMILES string of the molecule is CC(C)(C)c1nc(-c2ccncc2)[nH]c(=O)c1I. The van der Waals surface area contributed by atoms with Gasteiger partial charge >= 0.3 is 0 Å². The molecule has 94 valence electrons. The van der Waals surface area contributed by atoms with Gasteiger partial charge in [-0.1, -0.05) is 20.8 Å². The summed E-state index contributed by atoms with van der Waals surface area (Å²) in [6, 6.07) is 3.66. The molecule has 2 aromatic rings. The lowest BCUT2D eigenvalue weighted by Gasteiger charge is -2.19. The maximum atomic E-state index is 12.0. The summed E-state index contributed by atoms with van der Waals surface area (Å²) >= 11 is 2.05. The summed E-state index contributed by atoms with van der Waals surface area (Å²) in [4.78, 5) is 23.3. The summed E-state index contributed by atoms with van der Waals surface area (Å²) < 4.78 is 0.651. The van der Waals surface area contributed by atoms with Crippen molar-refractivity contribution in [3.63, 3.8) is 0 Å². The lowest BCUT2D eigenvalue weighted by molar-refractivity contribution is 0.562. The fourth-order valence-corrected chi connectivity index (χ4v) is 2.67. The highest BCUT2D eigenvalue weighted by Gasteiger charge is 2.22. The summed E-state index contributed by atoms with van der Waals surface area (Å²) in [6.45, 7) is 6.15. The Balaban J connectivity index is 2.66. The average molecular weight is 355 g/mol. The zero-order valence-corrected chi connectivity index (χ0v) is 12.6. The van der Waals surface area contributed by atoms with Crippen molar-refractivity contribution >= 4 is 22.6 Å². The monoisotopic (exact) mass is 355 g/mol. The minimum Gasteiger partial charge on any atom is -0.306 e. The molecule has 0 atom stereocenters. The van der Waals surface area contributed by atoms with E-state index in [1.54, 1.807) is 12.4 Å². The van der Waals surface area contributed by atoms with Gasteiger partial charge in [-0.2, -0.15) is 0 Å². The van der Waals surface area contributed by atoms with Crippen LogP contribution in [0, 0.1) is 3.57 Å². The molecule has 5 heteroatoms. The Morgan fingerprint density at radius 1 is 1.22 bits per heavy atom. The number of hydrogen-bond acceptors (Lipinski definition) is 3. The Hall–Kier alpha value is -1.24. The topological polar surface area (TPSA) is 58.6 Å². The summed E-state index contributed by atoms with van der Waals surface area (Å²) in [6.07, 6.45) is 3.37. The van der Waals surface area contributed by atoms with Crippen LogP contribution < -0.4 is 5.56 Å².